The summed E-state index contributed by atoms with van der Waals surface area (Å²) in [7, 11) is 0. The largest absolute Gasteiger partial charge is 0.416 e. The van der Waals surface area contributed by atoms with Crippen molar-refractivity contribution in [2.45, 2.75) is 6.92 Å². The molecule has 0 aliphatic carbocycles. The molecule has 0 aliphatic heterocycles. The number of hydrogen-bond acceptors (Lipinski definition) is 4. The first kappa shape index (κ1) is 18.4. The fourth-order valence-electron chi connectivity index (χ4n) is 2.68. The van der Waals surface area contributed by atoms with E-state index in [1.807, 2.05) is 55.5 Å². The Morgan fingerprint density at radius 3 is 2.18 bits per heavy atom. The Bertz CT molecular complexity index is 1120. The van der Waals surface area contributed by atoms with Crippen molar-refractivity contribution in [1.29, 1.82) is 0 Å². The molecule has 4 aromatic rings. The number of benzene rings is 3. The third-order valence-electron chi connectivity index (χ3n) is 4.27. The van der Waals surface area contributed by atoms with Gasteiger partial charge in [-0.1, -0.05) is 24.3 Å². The summed E-state index contributed by atoms with van der Waals surface area (Å²) < 4.78 is 6.86. The van der Waals surface area contributed by atoms with E-state index in [2.05, 4.69) is 38.1 Å². The van der Waals surface area contributed by atoms with Crippen LogP contribution in [0.15, 0.2) is 77.2 Å². The summed E-state index contributed by atoms with van der Waals surface area (Å²) in [6.07, 6.45) is 0. The maximum absolute atomic E-state index is 12.5. The summed E-state index contributed by atoms with van der Waals surface area (Å²) in [6, 6.07) is 22.5. The van der Waals surface area contributed by atoms with Gasteiger partial charge in [0.05, 0.1) is 0 Å². The van der Waals surface area contributed by atoms with Crippen LogP contribution in [0.3, 0.4) is 0 Å². The molecule has 6 heteroatoms. The maximum atomic E-state index is 12.5. The molecule has 5 nitrogen and oxygen atoms in total. The topological polar surface area (TPSA) is 68.0 Å². The number of aromatic nitrogens is 2. The van der Waals surface area contributed by atoms with Gasteiger partial charge in [-0.15, -0.1) is 10.2 Å². The van der Waals surface area contributed by atoms with Gasteiger partial charge in [-0.25, -0.2) is 0 Å². The van der Waals surface area contributed by atoms with Gasteiger partial charge in [-0.3, -0.25) is 4.79 Å². The molecule has 0 bridgehead atoms. The molecular weight excluding hydrogens is 465 g/mol. The van der Waals surface area contributed by atoms with Gasteiger partial charge in [0.2, 0.25) is 11.8 Å². The SMILES string of the molecule is Cc1ccc(NC(=O)c2ccc(-c3nnc(-c4ccccc4)o3)cc2)cc1I. The van der Waals surface area contributed by atoms with E-state index >= 15 is 0 Å². The predicted octanol–water partition coefficient (Wildman–Crippen LogP) is 5.57. The molecule has 1 heterocycles. The lowest BCUT2D eigenvalue weighted by molar-refractivity contribution is 0.102. The van der Waals surface area contributed by atoms with Crippen molar-refractivity contribution >= 4 is 34.2 Å². The molecule has 4 rings (SSSR count). The number of carbonyl (C=O) groups excluding carboxylic acids is 1. The zero-order chi connectivity index (χ0) is 19.5. The summed E-state index contributed by atoms with van der Waals surface area (Å²) in [5, 5.41) is 11.1. The van der Waals surface area contributed by atoms with Gasteiger partial charge in [-0.05, 0) is 83.6 Å². The molecular formula is C22H16IN3O2. The molecule has 0 aliphatic rings. The summed E-state index contributed by atoms with van der Waals surface area (Å²) >= 11 is 2.25. The highest BCUT2D eigenvalue weighted by Gasteiger charge is 2.12. The van der Waals surface area contributed by atoms with Crippen LogP contribution in [0.4, 0.5) is 5.69 Å². The van der Waals surface area contributed by atoms with E-state index in [-0.39, 0.29) is 5.91 Å². The molecule has 0 unspecified atom stereocenters. The minimum atomic E-state index is -0.165. The standard InChI is InChI=1S/C22H16IN3O2/c1-14-7-12-18(13-19(14)23)24-20(27)15-8-10-17(11-9-15)22-26-25-21(28-22)16-5-3-2-4-6-16/h2-13H,1H3,(H,24,27). The number of nitrogens with one attached hydrogen (secondary N) is 1. The molecule has 0 saturated heterocycles. The predicted molar refractivity (Wildman–Crippen MR) is 117 cm³/mol. The van der Waals surface area contributed by atoms with E-state index in [9.17, 15) is 4.79 Å². The van der Waals surface area contributed by atoms with Crippen molar-refractivity contribution in [3.8, 4) is 22.9 Å². The van der Waals surface area contributed by atoms with E-state index in [4.69, 9.17) is 4.42 Å². The normalized spacial score (nSPS) is 10.6. The van der Waals surface area contributed by atoms with Crippen LogP contribution >= 0.6 is 22.6 Å². The lowest BCUT2D eigenvalue weighted by atomic mass is 10.1. The second kappa shape index (κ2) is 7.93. The third kappa shape index (κ3) is 3.96. The summed E-state index contributed by atoms with van der Waals surface area (Å²) in [5.41, 5.74) is 4.13. The van der Waals surface area contributed by atoms with Gasteiger partial charge in [0.15, 0.2) is 0 Å². The number of rotatable bonds is 4. The van der Waals surface area contributed by atoms with Crippen LogP contribution in [0.1, 0.15) is 15.9 Å². The number of anilines is 1. The molecule has 0 radical (unpaired) electrons. The average Bonchev–Trinajstić information content (AvgIpc) is 3.22. The van der Waals surface area contributed by atoms with Gasteiger partial charge in [0.1, 0.15) is 0 Å². The van der Waals surface area contributed by atoms with E-state index < -0.39 is 0 Å². The van der Waals surface area contributed by atoms with Gasteiger partial charge in [-0.2, -0.15) is 0 Å². The van der Waals surface area contributed by atoms with Crippen LogP contribution in [0.5, 0.6) is 0 Å². The van der Waals surface area contributed by atoms with E-state index in [0.29, 0.717) is 17.3 Å². The maximum Gasteiger partial charge on any atom is 0.255 e. The molecule has 0 spiro atoms. The molecule has 1 N–H and O–H groups in total. The summed E-state index contributed by atoms with van der Waals surface area (Å²) in [5.74, 6) is 0.715. The van der Waals surface area contributed by atoms with Gasteiger partial charge in [0, 0.05) is 25.9 Å². The molecule has 138 valence electrons. The number of halogens is 1. The van der Waals surface area contributed by atoms with Gasteiger partial charge < -0.3 is 9.73 Å². The first-order chi connectivity index (χ1) is 13.6. The fourth-order valence-corrected chi connectivity index (χ4v) is 3.19. The van der Waals surface area contributed by atoms with Crippen molar-refractivity contribution < 1.29 is 9.21 Å². The Hall–Kier alpha value is -3.00. The van der Waals surface area contributed by atoms with E-state index in [0.717, 1.165) is 20.4 Å². The van der Waals surface area contributed by atoms with Crippen LogP contribution in [0.2, 0.25) is 0 Å². The lowest BCUT2D eigenvalue weighted by Gasteiger charge is -2.07. The number of amides is 1. The number of nitrogens with zero attached hydrogens (tertiary/aromatic N) is 2. The minimum Gasteiger partial charge on any atom is -0.416 e. The zero-order valence-corrected chi connectivity index (χ0v) is 17.2. The molecule has 0 saturated carbocycles. The van der Waals surface area contributed by atoms with Crippen LogP contribution in [-0.4, -0.2) is 16.1 Å². The van der Waals surface area contributed by atoms with Crippen LogP contribution in [0, 0.1) is 10.5 Å². The molecule has 1 aromatic heterocycles. The first-order valence-electron chi connectivity index (χ1n) is 8.67. The van der Waals surface area contributed by atoms with Crippen molar-refractivity contribution in [2.75, 3.05) is 5.32 Å². The highest BCUT2D eigenvalue weighted by molar-refractivity contribution is 14.1. The monoisotopic (exact) mass is 481 g/mol. The van der Waals surface area contributed by atoms with Gasteiger partial charge >= 0.3 is 0 Å². The highest BCUT2D eigenvalue weighted by atomic mass is 127. The zero-order valence-electron chi connectivity index (χ0n) is 15.0. The van der Waals surface area contributed by atoms with Crippen molar-refractivity contribution in [3.63, 3.8) is 0 Å². The molecule has 0 fully saturated rings. The van der Waals surface area contributed by atoms with Crippen molar-refractivity contribution in [2.24, 2.45) is 0 Å². The Labute approximate surface area is 176 Å². The quantitative estimate of drug-likeness (QED) is 0.387. The van der Waals surface area contributed by atoms with Crippen LogP contribution < -0.4 is 5.32 Å². The number of carbonyl (C=O) groups is 1. The molecule has 28 heavy (non-hydrogen) atoms. The second-order valence-electron chi connectivity index (χ2n) is 6.27. The third-order valence-corrected chi connectivity index (χ3v) is 5.43. The summed E-state index contributed by atoms with van der Waals surface area (Å²) in [6.45, 7) is 2.03. The lowest BCUT2D eigenvalue weighted by Crippen LogP contribution is -2.11. The Kier molecular flexibility index (Phi) is 5.21. The second-order valence-corrected chi connectivity index (χ2v) is 7.44. The smallest absolute Gasteiger partial charge is 0.255 e. The fraction of sp³-hybridized carbons (Fsp3) is 0.0455. The Morgan fingerprint density at radius 2 is 1.54 bits per heavy atom. The van der Waals surface area contributed by atoms with Crippen LogP contribution in [0.25, 0.3) is 22.9 Å². The molecule has 0 atom stereocenters. The van der Waals surface area contributed by atoms with Crippen molar-refractivity contribution in [1.82, 2.24) is 10.2 Å². The summed E-state index contributed by atoms with van der Waals surface area (Å²) in [4.78, 5) is 12.5. The number of aryl methyl sites for hydroxylation is 1. The van der Waals surface area contributed by atoms with Gasteiger partial charge in [0.25, 0.3) is 5.91 Å². The Balaban J connectivity index is 1.50. The minimum absolute atomic E-state index is 0.165. The van der Waals surface area contributed by atoms with Crippen LogP contribution in [-0.2, 0) is 0 Å². The average molecular weight is 481 g/mol. The first-order valence-corrected chi connectivity index (χ1v) is 9.75. The highest BCUT2D eigenvalue weighted by Crippen LogP contribution is 2.24. The molecule has 1 amide bonds. The Morgan fingerprint density at radius 1 is 0.893 bits per heavy atom. The van der Waals surface area contributed by atoms with E-state index in [1.165, 1.54) is 5.56 Å². The van der Waals surface area contributed by atoms with Crippen molar-refractivity contribution in [3.05, 3.63) is 87.5 Å². The number of hydrogen-bond donors (Lipinski definition) is 1. The van der Waals surface area contributed by atoms with E-state index in [1.54, 1.807) is 24.3 Å². The molecule has 3 aromatic carbocycles.